The van der Waals surface area contributed by atoms with E-state index >= 15 is 0 Å². The largest absolute Gasteiger partial charge is 0.425 e. The molecule has 1 fully saturated rings. The van der Waals surface area contributed by atoms with Crippen molar-refractivity contribution in [2.24, 2.45) is 0 Å². The van der Waals surface area contributed by atoms with Crippen LogP contribution in [0.5, 0.6) is 0 Å². The number of ether oxygens (including phenoxy) is 2. The maximum Gasteiger partial charge on any atom is 0.321 e. The lowest BCUT2D eigenvalue weighted by molar-refractivity contribution is -0.155. The fourth-order valence-corrected chi connectivity index (χ4v) is 1.52. The van der Waals surface area contributed by atoms with Gasteiger partial charge in [0.2, 0.25) is 0 Å². The van der Waals surface area contributed by atoms with E-state index in [0.29, 0.717) is 6.61 Å². The van der Waals surface area contributed by atoms with Crippen LogP contribution in [0, 0.1) is 0 Å². The molecule has 0 bridgehead atoms. The Balaban J connectivity index is 2.34. The van der Waals surface area contributed by atoms with Crippen LogP contribution in [0.15, 0.2) is 0 Å². The summed E-state index contributed by atoms with van der Waals surface area (Å²) < 4.78 is 9.88. The molecular formula is C6H10O3S. The van der Waals surface area contributed by atoms with Gasteiger partial charge in [-0.2, -0.15) is 0 Å². The smallest absolute Gasteiger partial charge is 0.321 e. The minimum Gasteiger partial charge on any atom is -0.425 e. The second kappa shape index (κ2) is 3.25. The Bertz CT molecular complexity index is 137. The standard InChI is InChI=1S/C6H10O3S/c1-3-8-6-9-5(7)4(2)10-6/h4,6H,3H2,1-2H3/t4-,6+/m1/s1. The molecule has 0 radical (unpaired) electrons. The number of hydrogen-bond acceptors (Lipinski definition) is 4. The Kier molecular flexibility index (Phi) is 2.56. The highest BCUT2D eigenvalue weighted by atomic mass is 32.2. The molecule has 1 aliphatic rings. The maximum absolute atomic E-state index is 10.7. The predicted molar refractivity (Wildman–Crippen MR) is 38.6 cm³/mol. The molecule has 1 rings (SSSR count). The van der Waals surface area contributed by atoms with Crippen molar-refractivity contribution < 1.29 is 14.3 Å². The van der Waals surface area contributed by atoms with Crippen LogP contribution >= 0.6 is 11.8 Å². The van der Waals surface area contributed by atoms with Crippen molar-refractivity contribution in [3.8, 4) is 0 Å². The first-order valence-corrected chi connectivity index (χ1v) is 4.16. The lowest BCUT2D eigenvalue weighted by Gasteiger charge is -2.05. The minimum absolute atomic E-state index is 0.0726. The Morgan fingerprint density at radius 2 is 2.50 bits per heavy atom. The van der Waals surface area contributed by atoms with E-state index in [0.717, 1.165) is 0 Å². The summed E-state index contributed by atoms with van der Waals surface area (Å²) in [6.07, 6.45) is 0. The first kappa shape index (κ1) is 7.88. The monoisotopic (exact) mass is 162 g/mol. The van der Waals surface area contributed by atoms with Crippen LogP contribution in [-0.2, 0) is 14.3 Å². The van der Waals surface area contributed by atoms with Crippen LogP contribution in [0.4, 0.5) is 0 Å². The van der Waals surface area contributed by atoms with Crippen LogP contribution in [-0.4, -0.2) is 23.4 Å². The minimum atomic E-state index is -0.368. The topological polar surface area (TPSA) is 35.5 Å². The SMILES string of the molecule is CCO[C@H]1OC(=O)[C@@H](C)S1. The van der Waals surface area contributed by atoms with Gasteiger partial charge in [0.25, 0.3) is 5.62 Å². The summed E-state index contributed by atoms with van der Waals surface area (Å²) in [6, 6.07) is 0. The molecule has 1 aliphatic heterocycles. The third-order valence-electron chi connectivity index (χ3n) is 1.16. The summed E-state index contributed by atoms with van der Waals surface area (Å²) in [4.78, 5) is 10.7. The third kappa shape index (κ3) is 1.64. The summed E-state index contributed by atoms with van der Waals surface area (Å²) in [5.74, 6) is -0.177. The Morgan fingerprint density at radius 1 is 1.80 bits per heavy atom. The van der Waals surface area contributed by atoms with Crippen molar-refractivity contribution in [1.29, 1.82) is 0 Å². The molecule has 4 heteroatoms. The van der Waals surface area contributed by atoms with Crippen LogP contribution < -0.4 is 0 Å². The molecule has 0 spiro atoms. The number of esters is 1. The van der Waals surface area contributed by atoms with Gasteiger partial charge in [-0.05, 0) is 13.8 Å². The number of carbonyl (C=O) groups excluding carboxylic acids is 1. The molecule has 0 unspecified atom stereocenters. The predicted octanol–water partition coefficient (Wildman–Crippen LogP) is 0.985. The molecule has 3 nitrogen and oxygen atoms in total. The fourth-order valence-electron chi connectivity index (χ4n) is 0.650. The molecule has 10 heavy (non-hydrogen) atoms. The molecule has 0 N–H and O–H groups in total. The van der Waals surface area contributed by atoms with E-state index in [4.69, 9.17) is 9.47 Å². The van der Waals surface area contributed by atoms with Crippen LogP contribution in [0.25, 0.3) is 0 Å². The maximum atomic E-state index is 10.7. The van der Waals surface area contributed by atoms with Gasteiger partial charge in [-0.1, -0.05) is 11.8 Å². The molecular weight excluding hydrogens is 152 g/mol. The molecule has 1 heterocycles. The number of thioether (sulfide) groups is 1. The molecule has 0 saturated carbocycles. The summed E-state index contributed by atoms with van der Waals surface area (Å²) in [6.45, 7) is 4.26. The van der Waals surface area contributed by atoms with E-state index in [2.05, 4.69) is 0 Å². The Morgan fingerprint density at radius 3 is 2.90 bits per heavy atom. The van der Waals surface area contributed by atoms with Crippen molar-refractivity contribution in [2.75, 3.05) is 6.61 Å². The molecule has 2 atom stereocenters. The van der Waals surface area contributed by atoms with Gasteiger partial charge < -0.3 is 9.47 Å². The van der Waals surface area contributed by atoms with E-state index in [-0.39, 0.29) is 16.8 Å². The summed E-state index contributed by atoms with van der Waals surface area (Å²) in [5, 5.41) is -0.0726. The van der Waals surface area contributed by atoms with E-state index < -0.39 is 0 Å². The molecule has 0 aromatic carbocycles. The van der Waals surface area contributed by atoms with Gasteiger partial charge in [0.1, 0.15) is 5.25 Å². The quantitative estimate of drug-likeness (QED) is 0.567. The van der Waals surface area contributed by atoms with Gasteiger partial charge >= 0.3 is 5.97 Å². The highest BCUT2D eigenvalue weighted by molar-refractivity contribution is 8.01. The van der Waals surface area contributed by atoms with Gasteiger partial charge in [0.05, 0.1) is 0 Å². The molecule has 1 saturated heterocycles. The first-order valence-electron chi connectivity index (χ1n) is 3.21. The lowest BCUT2D eigenvalue weighted by Crippen LogP contribution is -2.10. The van der Waals surface area contributed by atoms with Gasteiger partial charge in [-0.15, -0.1) is 0 Å². The molecule has 0 aromatic heterocycles. The lowest BCUT2D eigenvalue weighted by atomic mass is 10.5. The average molecular weight is 162 g/mol. The normalized spacial score (nSPS) is 32.4. The summed E-state index contributed by atoms with van der Waals surface area (Å²) in [7, 11) is 0. The molecule has 0 aromatic rings. The van der Waals surface area contributed by atoms with Crippen molar-refractivity contribution >= 4 is 17.7 Å². The summed E-state index contributed by atoms with van der Waals surface area (Å²) >= 11 is 1.40. The Hall–Kier alpha value is -0.220. The molecule has 58 valence electrons. The van der Waals surface area contributed by atoms with Gasteiger partial charge in [0.15, 0.2) is 0 Å². The van der Waals surface area contributed by atoms with E-state index in [1.54, 1.807) is 0 Å². The van der Waals surface area contributed by atoms with Crippen molar-refractivity contribution in [3.63, 3.8) is 0 Å². The zero-order valence-corrected chi connectivity index (χ0v) is 6.81. The number of rotatable bonds is 2. The number of hydrogen-bond donors (Lipinski definition) is 0. The summed E-state index contributed by atoms with van der Waals surface area (Å²) in [5.41, 5.74) is -0.368. The molecule has 0 aliphatic carbocycles. The van der Waals surface area contributed by atoms with Gasteiger partial charge in [-0.3, -0.25) is 4.79 Å². The average Bonchev–Trinajstić information content (AvgIpc) is 2.14. The number of cyclic esters (lactones) is 1. The van der Waals surface area contributed by atoms with Crippen molar-refractivity contribution in [3.05, 3.63) is 0 Å². The van der Waals surface area contributed by atoms with Gasteiger partial charge in [0, 0.05) is 6.61 Å². The van der Waals surface area contributed by atoms with Crippen LogP contribution in [0.1, 0.15) is 13.8 Å². The van der Waals surface area contributed by atoms with Crippen molar-refractivity contribution in [1.82, 2.24) is 0 Å². The van der Waals surface area contributed by atoms with Crippen LogP contribution in [0.2, 0.25) is 0 Å². The number of carbonyl (C=O) groups is 1. The van der Waals surface area contributed by atoms with E-state index in [9.17, 15) is 4.79 Å². The Labute approximate surface area is 64.1 Å². The van der Waals surface area contributed by atoms with Crippen LogP contribution in [0.3, 0.4) is 0 Å². The third-order valence-corrected chi connectivity index (χ3v) is 2.22. The van der Waals surface area contributed by atoms with Gasteiger partial charge in [-0.25, -0.2) is 0 Å². The molecule has 0 amide bonds. The highest BCUT2D eigenvalue weighted by Crippen LogP contribution is 2.28. The van der Waals surface area contributed by atoms with E-state index in [1.165, 1.54) is 11.8 Å². The second-order valence-electron chi connectivity index (χ2n) is 1.96. The fraction of sp³-hybridized carbons (Fsp3) is 0.833. The zero-order chi connectivity index (χ0) is 7.56. The van der Waals surface area contributed by atoms with Crippen molar-refractivity contribution in [2.45, 2.75) is 24.7 Å². The highest BCUT2D eigenvalue weighted by Gasteiger charge is 2.31. The van der Waals surface area contributed by atoms with E-state index in [1.807, 2.05) is 13.8 Å². The zero-order valence-electron chi connectivity index (χ0n) is 5.99. The first-order chi connectivity index (χ1) is 4.74. The second-order valence-corrected chi connectivity index (χ2v) is 3.32.